The maximum Gasteiger partial charge on any atom is 0.475 e. The largest absolute Gasteiger partial charge is 0.475 e. The zero-order valence-corrected chi connectivity index (χ0v) is 34.5. The summed E-state index contributed by atoms with van der Waals surface area (Å²) in [6.07, 6.45) is 8.41. The van der Waals surface area contributed by atoms with Gasteiger partial charge in [-0.15, -0.1) is 0 Å². The van der Waals surface area contributed by atoms with E-state index in [9.17, 15) is 24.4 Å². The van der Waals surface area contributed by atoms with E-state index < -0.39 is 46.8 Å². The monoisotopic (exact) mass is 862 g/mol. The fourth-order valence-corrected chi connectivity index (χ4v) is 5.93. The average molecular weight is 864 g/mol. The number of anilines is 1. The van der Waals surface area contributed by atoms with Crippen molar-refractivity contribution >= 4 is 99.6 Å². The van der Waals surface area contributed by atoms with Crippen LogP contribution in [0.5, 0.6) is 0 Å². The molecule has 18 heteroatoms. The van der Waals surface area contributed by atoms with Crippen LogP contribution in [0.15, 0.2) is 122 Å². The van der Waals surface area contributed by atoms with E-state index in [2.05, 4.69) is 41.5 Å². The van der Waals surface area contributed by atoms with Gasteiger partial charge in [0.15, 0.2) is 5.11 Å². The predicted octanol–water partition coefficient (Wildman–Crippen LogP) is 5.41. The second kappa shape index (κ2) is 22.7. The zero-order chi connectivity index (χ0) is 42.1. The van der Waals surface area contributed by atoms with Crippen molar-refractivity contribution in [3.63, 3.8) is 0 Å². The molecule has 0 fully saturated rings. The molecule has 0 aliphatic rings. The van der Waals surface area contributed by atoms with Crippen molar-refractivity contribution in [1.82, 2.24) is 36.2 Å². The van der Waals surface area contributed by atoms with E-state index in [1.54, 1.807) is 12.3 Å². The second-order valence-electron chi connectivity index (χ2n) is 13.2. The molecule has 0 radical (unpaired) electrons. The standard InChI is InChI=1S/C21H17Cl3N4OS.C19H25BN4O4/c22-21(23,24)19(27-17(29)12-11-14-6-2-1-3-7-14)28-20(30)26-16-10-4-8-15-9-5-13-25-18(15)16;1-13(2)10-17(20(27)28)24-18(25)15(11-14-6-4-3-5-7-14)23-19(26)16-12-21-8-9-22-16/h1-13,19H,(H,27,29)(H2,26,28,30);3-9,12-13,15,17,27-28H,10-11H2,1-2H3,(H,23,26)(H,24,25)/b12-11+;/t;15-,17-/m.0/s1. The van der Waals surface area contributed by atoms with Crippen LogP contribution in [-0.4, -0.2) is 76.9 Å². The summed E-state index contributed by atoms with van der Waals surface area (Å²) in [6, 6.07) is 27.1. The van der Waals surface area contributed by atoms with E-state index in [1.165, 1.54) is 24.7 Å². The fraction of sp³-hybridized carbons (Fsp3) is 0.225. The molecule has 2 heterocycles. The lowest BCUT2D eigenvalue weighted by Gasteiger charge is -2.27. The number of fused-ring (bicyclic) bond motifs is 1. The van der Waals surface area contributed by atoms with E-state index in [0.29, 0.717) is 12.1 Å². The third-order valence-corrected chi connectivity index (χ3v) is 8.98. The number of nitrogens with zero attached hydrogens (tertiary/aromatic N) is 3. The number of carbonyl (C=O) groups is 3. The minimum absolute atomic E-state index is 0.0919. The zero-order valence-electron chi connectivity index (χ0n) is 31.4. The Morgan fingerprint density at radius 1 is 0.828 bits per heavy atom. The van der Waals surface area contributed by atoms with Crippen molar-refractivity contribution in [1.29, 1.82) is 0 Å². The lowest BCUT2D eigenvalue weighted by atomic mass is 9.75. The van der Waals surface area contributed by atoms with Crippen LogP contribution in [0.4, 0.5) is 5.69 Å². The van der Waals surface area contributed by atoms with Crippen LogP contribution >= 0.6 is 47.0 Å². The molecule has 0 saturated carbocycles. The lowest BCUT2D eigenvalue weighted by molar-refractivity contribution is -0.123. The molecule has 0 aliphatic carbocycles. The van der Waals surface area contributed by atoms with Crippen LogP contribution in [0.2, 0.25) is 0 Å². The SMILES string of the molecule is CC(C)C[C@H](NC(=O)[C@H](Cc1ccccc1)NC(=O)c1cnccn1)B(O)O.O=C(/C=C/c1ccccc1)NC(NC(=S)Nc1cccc2cccnc12)C(Cl)(Cl)Cl. The molecule has 0 saturated heterocycles. The molecule has 0 aliphatic heterocycles. The lowest BCUT2D eigenvalue weighted by Crippen LogP contribution is -2.55. The summed E-state index contributed by atoms with van der Waals surface area (Å²) in [5.41, 5.74) is 3.24. The van der Waals surface area contributed by atoms with Gasteiger partial charge in [0.1, 0.15) is 17.9 Å². The van der Waals surface area contributed by atoms with E-state index in [0.717, 1.165) is 22.0 Å². The van der Waals surface area contributed by atoms with Gasteiger partial charge in [-0.05, 0) is 53.9 Å². The van der Waals surface area contributed by atoms with Crippen molar-refractivity contribution in [2.45, 2.75) is 48.6 Å². The highest BCUT2D eigenvalue weighted by Crippen LogP contribution is 2.29. The van der Waals surface area contributed by atoms with Crippen LogP contribution < -0.4 is 26.6 Å². The molecule has 3 atom stereocenters. The van der Waals surface area contributed by atoms with Crippen LogP contribution in [0.3, 0.4) is 0 Å². The van der Waals surface area contributed by atoms with E-state index >= 15 is 0 Å². The number of pyridine rings is 1. The number of para-hydroxylation sites is 1. The van der Waals surface area contributed by atoms with Crippen molar-refractivity contribution in [2.75, 3.05) is 5.32 Å². The molecule has 13 nitrogen and oxygen atoms in total. The number of carbonyl (C=O) groups excluding carboxylic acids is 3. The number of alkyl halides is 3. The summed E-state index contributed by atoms with van der Waals surface area (Å²) in [5.74, 6) is -2.17. The molecule has 58 heavy (non-hydrogen) atoms. The van der Waals surface area contributed by atoms with Gasteiger partial charge in [0, 0.05) is 36.5 Å². The van der Waals surface area contributed by atoms with Gasteiger partial charge in [0.2, 0.25) is 15.6 Å². The first-order chi connectivity index (χ1) is 27.7. The van der Waals surface area contributed by atoms with Gasteiger partial charge in [-0.3, -0.25) is 24.4 Å². The Hall–Kier alpha value is -5.16. The van der Waals surface area contributed by atoms with Gasteiger partial charge in [0.05, 0.1) is 23.3 Å². The summed E-state index contributed by atoms with van der Waals surface area (Å²) < 4.78 is -1.85. The quantitative estimate of drug-likeness (QED) is 0.0249. The van der Waals surface area contributed by atoms with E-state index in [4.69, 9.17) is 47.0 Å². The van der Waals surface area contributed by atoms with E-state index in [-0.39, 0.29) is 23.1 Å². The molecule has 5 aromatic rings. The molecule has 0 spiro atoms. The number of nitrogens with one attached hydrogen (secondary N) is 5. The Bertz CT molecular complexity index is 2130. The van der Waals surface area contributed by atoms with E-state index in [1.807, 2.05) is 105 Å². The first-order valence-corrected chi connectivity index (χ1v) is 19.5. The molecule has 1 unspecified atom stereocenters. The molecule has 7 N–H and O–H groups in total. The van der Waals surface area contributed by atoms with Crippen LogP contribution in [-0.2, 0) is 16.0 Å². The molecule has 0 bridgehead atoms. The second-order valence-corrected chi connectivity index (χ2v) is 15.9. The summed E-state index contributed by atoms with van der Waals surface area (Å²) in [6.45, 7) is 3.83. The first-order valence-electron chi connectivity index (χ1n) is 18.0. The molecule has 3 aromatic carbocycles. The Balaban J connectivity index is 0.000000257. The smallest absolute Gasteiger partial charge is 0.426 e. The highest BCUT2D eigenvalue weighted by atomic mass is 35.6. The predicted molar refractivity (Wildman–Crippen MR) is 234 cm³/mol. The van der Waals surface area contributed by atoms with Gasteiger partial charge >= 0.3 is 7.12 Å². The minimum atomic E-state index is -1.85. The van der Waals surface area contributed by atoms with Gasteiger partial charge in [-0.2, -0.15) is 0 Å². The maximum atomic E-state index is 12.8. The Kier molecular flexibility index (Phi) is 17.8. The van der Waals surface area contributed by atoms with Gasteiger partial charge in [0.25, 0.3) is 5.91 Å². The van der Waals surface area contributed by atoms with Crippen LogP contribution in [0.1, 0.15) is 41.9 Å². The van der Waals surface area contributed by atoms with Gasteiger partial charge in [-0.25, -0.2) is 4.98 Å². The Morgan fingerprint density at radius 3 is 2.16 bits per heavy atom. The minimum Gasteiger partial charge on any atom is -0.426 e. The molecule has 5 rings (SSSR count). The maximum absolute atomic E-state index is 12.8. The number of amides is 3. The number of hydrogen-bond donors (Lipinski definition) is 7. The fourth-order valence-electron chi connectivity index (χ4n) is 5.37. The van der Waals surface area contributed by atoms with Gasteiger partial charge < -0.3 is 36.6 Å². The van der Waals surface area contributed by atoms with Crippen molar-refractivity contribution in [2.24, 2.45) is 5.92 Å². The summed E-state index contributed by atoms with van der Waals surface area (Å²) >= 11 is 23.4. The molecular formula is C40H42BCl3N8O5S. The summed E-state index contributed by atoms with van der Waals surface area (Å²) in [4.78, 5) is 49.7. The van der Waals surface area contributed by atoms with Crippen molar-refractivity contribution in [3.8, 4) is 0 Å². The molecule has 302 valence electrons. The third kappa shape index (κ3) is 15.3. The number of hydrogen-bond acceptors (Lipinski definition) is 9. The molecule has 3 amide bonds. The number of aromatic nitrogens is 3. The normalized spacial score (nSPS) is 12.7. The number of rotatable bonds is 14. The summed E-state index contributed by atoms with van der Waals surface area (Å²) in [5, 5.41) is 34.0. The van der Waals surface area contributed by atoms with Crippen LogP contribution in [0.25, 0.3) is 17.0 Å². The van der Waals surface area contributed by atoms with Gasteiger partial charge in [-0.1, -0.05) is 128 Å². The highest BCUT2D eigenvalue weighted by Gasteiger charge is 2.34. The highest BCUT2D eigenvalue weighted by molar-refractivity contribution is 7.80. The first kappa shape index (κ1) is 45.5. The number of halogens is 3. The molecule has 2 aromatic heterocycles. The Morgan fingerprint density at radius 2 is 1.52 bits per heavy atom. The molecular weight excluding hydrogens is 822 g/mol. The Labute approximate surface area is 357 Å². The summed E-state index contributed by atoms with van der Waals surface area (Å²) in [7, 11) is -1.69. The van der Waals surface area contributed by atoms with Crippen LogP contribution in [0, 0.1) is 5.92 Å². The third-order valence-electron chi connectivity index (χ3n) is 8.11. The average Bonchev–Trinajstić information content (AvgIpc) is 3.20. The number of benzene rings is 3. The number of thiocarbonyl (C=S) groups is 1. The van der Waals surface area contributed by atoms with Crippen molar-refractivity contribution in [3.05, 3.63) is 139 Å². The van der Waals surface area contributed by atoms with Crippen molar-refractivity contribution < 1.29 is 24.4 Å². The topological polar surface area (TPSA) is 190 Å².